The van der Waals surface area contributed by atoms with E-state index in [-0.39, 0.29) is 59.1 Å². The number of ether oxygens (including phenoxy) is 2. The van der Waals surface area contributed by atoms with Gasteiger partial charge in [0.25, 0.3) is 5.91 Å². The largest absolute Gasteiger partial charge is 0.490 e. The smallest absolute Gasteiger partial charge is 0.323 e. The molecule has 2 heterocycles. The molecule has 1 saturated heterocycles. The quantitative estimate of drug-likeness (QED) is 0.105. The van der Waals surface area contributed by atoms with E-state index < -0.39 is 61.0 Å². The molecule has 3 aliphatic rings. The maximum absolute atomic E-state index is 13.7. The van der Waals surface area contributed by atoms with Gasteiger partial charge in [-0.25, -0.2) is 22.0 Å². The number of nitrogens with one attached hydrogen (secondary N) is 4. The van der Waals surface area contributed by atoms with Gasteiger partial charge in [-0.2, -0.15) is 4.72 Å². The van der Waals surface area contributed by atoms with Crippen LogP contribution in [0.15, 0.2) is 46.2 Å². The van der Waals surface area contributed by atoms with Crippen LogP contribution in [0.4, 0.5) is 5.69 Å². The standard InChI is InChI=1S/C36H49ClN6O11S2/c1-3-53-36(48)27(40-21(2)34(45)43-19-24(35(46)47)16-23-8-4-5-10-29(23)43)9-6-7-15-39-33(44)22-11-13-25(14-12-22)54-20-32-41-28-17-26(37)30(55(38,49)50)18-31(28)56(51,52)42-32/h11-14,17-18,21,23-24,27,29,32,40-42H,3-10,15-16,19-20H2,1-2H3,(H,39,44)(H,46,47)(H2,38,49,50)/t21-,23?,24?,27-,29?,32?/m0/s1. The molecule has 17 nitrogen and oxygen atoms in total. The second kappa shape index (κ2) is 18.5. The number of sulfonamides is 2. The molecule has 2 aromatic rings. The molecule has 20 heteroatoms. The van der Waals surface area contributed by atoms with Crippen molar-refractivity contribution in [3.05, 3.63) is 47.0 Å². The number of hydrogen-bond acceptors (Lipinski definition) is 12. The van der Waals surface area contributed by atoms with Crippen LogP contribution in [0.3, 0.4) is 0 Å². The van der Waals surface area contributed by atoms with Gasteiger partial charge in [-0.3, -0.25) is 24.5 Å². The predicted molar refractivity (Wildman–Crippen MR) is 205 cm³/mol. The number of piperidine rings is 1. The summed E-state index contributed by atoms with van der Waals surface area (Å²) in [7, 11) is -8.40. The van der Waals surface area contributed by atoms with Crippen LogP contribution in [-0.2, 0) is 39.2 Å². The number of halogens is 1. The van der Waals surface area contributed by atoms with Gasteiger partial charge in [0.1, 0.15) is 34.4 Å². The monoisotopic (exact) mass is 840 g/mol. The number of nitrogens with zero attached hydrogens (tertiary/aromatic N) is 1. The third kappa shape index (κ3) is 10.7. The molecule has 0 aromatic heterocycles. The van der Waals surface area contributed by atoms with Gasteiger partial charge in [0.2, 0.25) is 26.0 Å². The molecule has 6 atom stereocenters. The molecule has 7 N–H and O–H groups in total. The van der Waals surface area contributed by atoms with Crippen LogP contribution in [0.25, 0.3) is 0 Å². The number of unbranched alkanes of at least 4 members (excludes halogenated alkanes) is 1. The SMILES string of the molecule is CCOC(=O)[C@H](CCCCNC(=O)c1ccc(OCC2Nc3cc(Cl)c(S(N)(=O)=O)cc3S(=O)(=O)N2)cc1)N[C@@H](C)C(=O)N1CC(C(=O)O)CC2CCCCC21. The lowest BCUT2D eigenvalue weighted by molar-refractivity contribution is -0.151. The second-order valence-corrected chi connectivity index (χ2v) is 17.9. The van der Waals surface area contributed by atoms with Crippen molar-refractivity contribution in [1.29, 1.82) is 0 Å². The number of aliphatic carboxylic acids is 1. The van der Waals surface area contributed by atoms with Gasteiger partial charge in [-0.1, -0.05) is 24.4 Å². The van der Waals surface area contributed by atoms with E-state index in [0.29, 0.717) is 43.5 Å². The number of carbonyl (C=O) groups is 4. The topological polar surface area (TPSA) is 253 Å². The maximum Gasteiger partial charge on any atom is 0.323 e. The number of fused-ring (bicyclic) bond motifs is 2. The van der Waals surface area contributed by atoms with Crippen LogP contribution in [0.2, 0.25) is 5.02 Å². The van der Waals surface area contributed by atoms with E-state index in [4.69, 9.17) is 26.2 Å². The van der Waals surface area contributed by atoms with E-state index in [9.17, 15) is 41.1 Å². The Labute approximate surface area is 331 Å². The van der Waals surface area contributed by atoms with Crippen molar-refractivity contribution in [3.63, 3.8) is 0 Å². The number of benzene rings is 2. The third-order valence-corrected chi connectivity index (χ3v) is 13.2. The van der Waals surface area contributed by atoms with E-state index in [1.807, 2.05) is 0 Å². The molecule has 2 amide bonds. The molecule has 2 fully saturated rings. The lowest BCUT2D eigenvalue weighted by Crippen LogP contribution is -2.59. The summed E-state index contributed by atoms with van der Waals surface area (Å²) in [5.74, 6) is -2.06. The van der Waals surface area contributed by atoms with Gasteiger partial charge in [-0.05, 0) is 94.7 Å². The van der Waals surface area contributed by atoms with E-state index in [1.165, 1.54) is 0 Å². The zero-order chi connectivity index (χ0) is 40.8. The van der Waals surface area contributed by atoms with Gasteiger partial charge in [0, 0.05) is 24.7 Å². The molecule has 308 valence electrons. The Morgan fingerprint density at radius 2 is 1.82 bits per heavy atom. The lowest BCUT2D eigenvalue weighted by atomic mass is 9.74. The molecule has 0 spiro atoms. The fraction of sp³-hybridized carbons (Fsp3) is 0.556. The average molecular weight is 841 g/mol. The number of carboxylic acids is 1. The van der Waals surface area contributed by atoms with Crippen molar-refractivity contribution in [3.8, 4) is 5.75 Å². The molecule has 4 unspecified atom stereocenters. The zero-order valence-electron chi connectivity index (χ0n) is 31.2. The first-order valence-corrected chi connectivity index (χ1v) is 22.0. The summed E-state index contributed by atoms with van der Waals surface area (Å²) in [6, 6.07) is 6.72. The van der Waals surface area contributed by atoms with Crippen molar-refractivity contribution in [2.45, 2.75) is 99.3 Å². The number of nitrogens with two attached hydrogens (primary N) is 1. The number of anilines is 1. The van der Waals surface area contributed by atoms with Gasteiger partial charge in [0.05, 0.1) is 29.3 Å². The van der Waals surface area contributed by atoms with Crippen LogP contribution < -0.4 is 30.5 Å². The summed E-state index contributed by atoms with van der Waals surface area (Å²) in [6.07, 6.45) is 4.81. The fourth-order valence-electron chi connectivity index (χ4n) is 7.54. The Bertz CT molecular complexity index is 2000. The first kappa shape index (κ1) is 43.1. The number of rotatable bonds is 16. The highest BCUT2D eigenvalue weighted by Gasteiger charge is 2.43. The first-order chi connectivity index (χ1) is 26.5. The second-order valence-electron chi connectivity index (χ2n) is 14.3. The van der Waals surface area contributed by atoms with Crippen molar-refractivity contribution < 1.29 is 50.6 Å². The number of primary sulfonamides is 1. The highest BCUT2D eigenvalue weighted by molar-refractivity contribution is 7.90. The third-order valence-electron chi connectivity index (χ3n) is 10.3. The Hall–Kier alpha value is -4.01. The average Bonchev–Trinajstić information content (AvgIpc) is 3.14. The van der Waals surface area contributed by atoms with Crippen molar-refractivity contribution in [1.82, 2.24) is 20.3 Å². The summed E-state index contributed by atoms with van der Waals surface area (Å²) in [5, 5.41) is 23.5. The van der Waals surface area contributed by atoms with Crippen molar-refractivity contribution >= 4 is 61.1 Å². The number of hydrogen-bond donors (Lipinski definition) is 6. The van der Waals surface area contributed by atoms with Crippen molar-refractivity contribution in [2.24, 2.45) is 17.0 Å². The number of carboxylic acid groups (broad SMARTS) is 1. The molecular weight excluding hydrogens is 792 g/mol. The summed E-state index contributed by atoms with van der Waals surface area (Å²) in [4.78, 5) is 52.1. The molecule has 56 heavy (non-hydrogen) atoms. The normalized spacial score (nSPS) is 22.7. The minimum absolute atomic E-state index is 0.0000141. The molecule has 0 radical (unpaired) electrons. The van der Waals surface area contributed by atoms with Crippen LogP contribution in [0, 0.1) is 11.8 Å². The molecule has 2 aromatic carbocycles. The number of likely N-dealkylation sites (tertiary alicyclic amines) is 1. The lowest BCUT2D eigenvalue weighted by Gasteiger charge is -2.47. The van der Waals surface area contributed by atoms with E-state index in [2.05, 4.69) is 20.7 Å². The fourth-order valence-corrected chi connectivity index (χ4v) is 10.0. The van der Waals surface area contributed by atoms with E-state index >= 15 is 0 Å². The Balaban J connectivity index is 1.08. The Kier molecular flexibility index (Phi) is 14.2. The summed E-state index contributed by atoms with van der Waals surface area (Å²) >= 11 is 6.03. The molecule has 1 aliphatic carbocycles. The minimum Gasteiger partial charge on any atom is -0.490 e. The Morgan fingerprint density at radius 1 is 1.11 bits per heavy atom. The number of carbonyl (C=O) groups excluding carboxylic acids is 3. The Morgan fingerprint density at radius 3 is 2.50 bits per heavy atom. The molecule has 0 bridgehead atoms. The van der Waals surface area contributed by atoms with Gasteiger partial charge in [0.15, 0.2) is 0 Å². The van der Waals surface area contributed by atoms with E-state index in [0.717, 1.165) is 37.8 Å². The van der Waals surface area contributed by atoms with Crippen LogP contribution in [0.1, 0.15) is 75.6 Å². The molecule has 1 saturated carbocycles. The maximum atomic E-state index is 13.7. The molecular formula is C36H49ClN6O11S2. The van der Waals surface area contributed by atoms with E-state index in [1.54, 1.807) is 43.0 Å². The van der Waals surface area contributed by atoms with Crippen molar-refractivity contribution in [2.75, 3.05) is 31.6 Å². The first-order valence-electron chi connectivity index (χ1n) is 18.6. The summed E-state index contributed by atoms with van der Waals surface area (Å²) in [6.45, 7) is 3.85. The van der Waals surface area contributed by atoms with Gasteiger partial charge in [-0.15, -0.1) is 0 Å². The van der Waals surface area contributed by atoms with Gasteiger partial charge >= 0.3 is 11.9 Å². The van der Waals surface area contributed by atoms with Crippen LogP contribution >= 0.6 is 11.6 Å². The van der Waals surface area contributed by atoms with Gasteiger partial charge < -0.3 is 30.1 Å². The predicted octanol–water partition coefficient (Wildman–Crippen LogP) is 2.40. The minimum atomic E-state index is -4.26. The summed E-state index contributed by atoms with van der Waals surface area (Å²) in [5.41, 5.74) is 0.422. The highest BCUT2D eigenvalue weighted by atomic mass is 35.5. The highest BCUT2D eigenvalue weighted by Crippen LogP contribution is 2.38. The number of esters is 1. The summed E-state index contributed by atoms with van der Waals surface area (Å²) < 4.78 is 62.6. The molecule has 5 rings (SSSR count). The van der Waals surface area contributed by atoms with Crippen LogP contribution in [-0.4, -0.2) is 101 Å². The zero-order valence-corrected chi connectivity index (χ0v) is 33.6. The van der Waals surface area contributed by atoms with Crippen LogP contribution in [0.5, 0.6) is 5.75 Å². The number of amides is 2. The molecule has 2 aliphatic heterocycles.